The number of hydrogen-bond donors (Lipinski definition) is 1. The molecule has 0 atom stereocenters. The van der Waals surface area contributed by atoms with Gasteiger partial charge in [0.1, 0.15) is 11.6 Å². The van der Waals surface area contributed by atoms with E-state index in [-0.39, 0.29) is 18.4 Å². The number of nitrogens with one attached hydrogen (secondary N) is 1. The summed E-state index contributed by atoms with van der Waals surface area (Å²) in [5.41, 5.74) is 5.40. The monoisotopic (exact) mass is 385 g/mol. The number of ether oxygens (including phenoxy) is 1. The van der Waals surface area contributed by atoms with Crippen LogP contribution in [0.1, 0.15) is 22.3 Å². The highest BCUT2D eigenvalue weighted by atomic mass is 16.5. The third-order valence-electron chi connectivity index (χ3n) is 4.56. The number of hydrogen-bond acceptors (Lipinski definition) is 4. The molecule has 0 radical (unpaired) electrons. The molecule has 0 saturated carbocycles. The van der Waals surface area contributed by atoms with Crippen molar-refractivity contribution in [3.05, 3.63) is 82.9 Å². The van der Waals surface area contributed by atoms with Crippen LogP contribution in [0.25, 0.3) is 11.3 Å². The Balaban J connectivity index is 1.63. The highest BCUT2D eigenvalue weighted by Crippen LogP contribution is 2.26. The highest BCUT2D eigenvalue weighted by Gasteiger charge is 2.12. The van der Waals surface area contributed by atoms with E-state index in [1.165, 1.54) is 5.56 Å². The van der Waals surface area contributed by atoms with Crippen LogP contribution in [0.4, 0.5) is 0 Å². The second kappa shape index (κ2) is 9.52. The quantitative estimate of drug-likeness (QED) is 0.668. The van der Waals surface area contributed by atoms with Crippen LogP contribution >= 0.6 is 0 Å². The van der Waals surface area contributed by atoms with Crippen LogP contribution < -0.4 is 10.1 Å². The molecule has 29 heavy (non-hydrogen) atoms. The number of aromatic nitrogens is 1. The predicted octanol–water partition coefficient (Wildman–Crippen LogP) is 3.97. The summed E-state index contributed by atoms with van der Waals surface area (Å²) < 4.78 is 5.57. The van der Waals surface area contributed by atoms with E-state index in [2.05, 4.69) is 22.4 Å². The van der Waals surface area contributed by atoms with Gasteiger partial charge < -0.3 is 10.1 Å². The number of rotatable bonds is 7. The Bertz CT molecular complexity index is 1040. The molecule has 0 aliphatic heterocycles. The maximum absolute atomic E-state index is 12.1. The van der Waals surface area contributed by atoms with Crippen molar-refractivity contribution < 1.29 is 9.53 Å². The summed E-state index contributed by atoms with van der Waals surface area (Å²) in [4.78, 5) is 16.6. The Labute approximate surface area is 171 Å². The summed E-state index contributed by atoms with van der Waals surface area (Å²) in [5.74, 6) is -0.0771. The maximum Gasteiger partial charge on any atom is 0.258 e. The fraction of sp³-hybridized carbons (Fsp3) is 0.208. The van der Waals surface area contributed by atoms with Crippen LogP contribution in [-0.2, 0) is 11.2 Å². The first kappa shape index (κ1) is 20.1. The van der Waals surface area contributed by atoms with Crippen molar-refractivity contribution >= 4 is 5.91 Å². The van der Waals surface area contributed by atoms with Gasteiger partial charge in [0.2, 0.25) is 5.88 Å². The van der Waals surface area contributed by atoms with Gasteiger partial charge in [-0.05, 0) is 43.5 Å². The van der Waals surface area contributed by atoms with Crippen LogP contribution in [0.2, 0.25) is 0 Å². The lowest BCUT2D eigenvalue weighted by molar-refractivity contribution is -0.123. The van der Waals surface area contributed by atoms with Gasteiger partial charge in [0.25, 0.3) is 5.91 Å². The number of pyridine rings is 1. The summed E-state index contributed by atoms with van der Waals surface area (Å²) in [6, 6.07) is 21.6. The average molecular weight is 385 g/mol. The highest BCUT2D eigenvalue weighted by molar-refractivity contribution is 5.77. The Morgan fingerprint density at radius 3 is 2.62 bits per heavy atom. The molecule has 5 heteroatoms. The first-order valence-electron chi connectivity index (χ1n) is 9.49. The van der Waals surface area contributed by atoms with Gasteiger partial charge >= 0.3 is 0 Å². The van der Waals surface area contributed by atoms with E-state index in [4.69, 9.17) is 4.74 Å². The molecule has 5 nitrogen and oxygen atoms in total. The molecular formula is C24H23N3O2. The fourth-order valence-electron chi connectivity index (χ4n) is 3.06. The Kier molecular flexibility index (Phi) is 6.59. The van der Waals surface area contributed by atoms with Crippen LogP contribution in [-0.4, -0.2) is 24.0 Å². The Morgan fingerprint density at radius 1 is 1.10 bits per heavy atom. The van der Waals surface area contributed by atoms with Crippen LogP contribution in [0.3, 0.4) is 0 Å². The van der Waals surface area contributed by atoms with Crippen molar-refractivity contribution in [2.75, 3.05) is 13.2 Å². The molecule has 0 fully saturated rings. The number of amides is 1. The van der Waals surface area contributed by atoms with Gasteiger partial charge in [-0.1, -0.05) is 54.1 Å². The predicted molar refractivity (Wildman–Crippen MR) is 113 cm³/mol. The minimum Gasteiger partial charge on any atom is -0.467 e. The summed E-state index contributed by atoms with van der Waals surface area (Å²) >= 11 is 0. The molecule has 0 spiro atoms. The van der Waals surface area contributed by atoms with E-state index < -0.39 is 0 Å². The lowest BCUT2D eigenvalue weighted by Gasteiger charge is -2.11. The SMILES string of the molecule is Cc1ccc(-c2ccc(C#N)c(OCC(=O)NCCc3ccccc3)n2)c(C)c1. The minimum atomic E-state index is -0.247. The van der Waals surface area contributed by atoms with Gasteiger partial charge in [-0.25, -0.2) is 4.98 Å². The number of carbonyl (C=O) groups is 1. The second-order valence-electron chi connectivity index (χ2n) is 6.85. The number of carbonyl (C=O) groups excluding carboxylic acids is 1. The molecular weight excluding hydrogens is 362 g/mol. The summed E-state index contributed by atoms with van der Waals surface area (Å²) in [6.07, 6.45) is 0.746. The number of benzene rings is 2. The zero-order chi connectivity index (χ0) is 20.6. The van der Waals surface area contributed by atoms with Crippen molar-refractivity contribution in [1.29, 1.82) is 5.26 Å². The molecule has 0 unspecified atom stereocenters. The van der Waals surface area contributed by atoms with Gasteiger partial charge in [0.05, 0.1) is 5.69 Å². The molecule has 0 aliphatic rings. The van der Waals surface area contributed by atoms with Gasteiger partial charge in [-0.15, -0.1) is 0 Å². The number of nitrogens with zero attached hydrogens (tertiary/aromatic N) is 2. The molecule has 2 aromatic carbocycles. The van der Waals surface area contributed by atoms with Crippen LogP contribution in [0.15, 0.2) is 60.7 Å². The van der Waals surface area contributed by atoms with Crippen LogP contribution in [0.5, 0.6) is 5.88 Å². The first-order valence-corrected chi connectivity index (χ1v) is 9.49. The van der Waals surface area contributed by atoms with Crippen molar-refractivity contribution in [3.63, 3.8) is 0 Å². The molecule has 0 bridgehead atoms. The summed E-state index contributed by atoms with van der Waals surface area (Å²) in [6.45, 7) is 4.39. The van der Waals surface area contributed by atoms with E-state index in [1.54, 1.807) is 12.1 Å². The van der Waals surface area contributed by atoms with Gasteiger partial charge in [-0.3, -0.25) is 4.79 Å². The van der Waals surface area contributed by atoms with Crippen LogP contribution in [0, 0.1) is 25.2 Å². The molecule has 1 N–H and O–H groups in total. The zero-order valence-corrected chi connectivity index (χ0v) is 16.6. The second-order valence-corrected chi connectivity index (χ2v) is 6.85. The smallest absolute Gasteiger partial charge is 0.258 e. The molecule has 1 heterocycles. The zero-order valence-electron chi connectivity index (χ0n) is 16.6. The first-order chi connectivity index (χ1) is 14.1. The van der Waals surface area contributed by atoms with E-state index in [1.807, 2.05) is 56.3 Å². The molecule has 146 valence electrons. The van der Waals surface area contributed by atoms with E-state index in [0.29, 0.717) is 17.8 Å². The topological polar surface area (TPSA) is 75.0 Å². The Morgan fingerprint density at radius 2 is 1.90 bits per heavy atom. The largest absolute Gasteiger partial charge is 0.467 e. The van der Waals surface area contributed by atoms with Gasteiger partial charge in [-0.2, -0.15) is 5.26 Å². The lowest BCUT2D eigenvalue weighted by atomic mass is 10.0. The Hall–Kier alpha value is -3.65. The molecule has 0 aliphatic carbocycles. The molecule has 3 rings (SSSR count). The van der Waals surface area contributed by atoms with Crippen molar-refractivity contribution in [3.8, 4) is 23.2 Å². The van der Waals surface area contributed by atoms with Crippen molar-refractivity contribution in [1.82, 2.24) is 10.3 Å². The standard InChI is InChI=1S/C24H23N3O2/c1-17-8-10-21(18(2)14-17)22-11-9-20(15-25)24(27-22)29-16-23(28)26-13-12-19-6-4-3-5-7-19/h3-11,14H,12-13,16H2,1-2H3,(H,26,28). The normalized spacial score (nSPS) is 10.2. The molecule has 1 aromatic heterocycles. The van der Waals surface area contributed by atoms with Crippen molar-refractivity contribution in [2.24, 2.45) is 0 Å². The van der Waals surface area contributed by atoms with E-state index in [0.717, 1.165) is 23.1 Å². The minimum absolute atomic E-state index is 0.170. The summed E-state index contributed by atoms with van der Waals surface area (Å²) in [5, 5.41) is 12.2. The third kappa shape index (κ3) is 5.43. The molecule has 3 aromatic rings. The van der Waals surface area contributed by atoms with E-state index in [9.17, 15) is 10.1 Å². The average Bonchev–Trinajstić information content (AvgIpc) is 2.73. The van der Waals surface area contributed by atoms with Crippen molar-refractivity contribution in [2.45, 2.75) is 20.3 Å². The molecule has 0 saturated heterocycles. The lowest BCUT2D eigenvalue weighted by Crippen LogP contribution is -2.30. The summed E-state index contributed by atoms with van der Waals surface area (Å²) in [7, 11) is 0. The maximum atomic E-state index is 12.1. The van der Waals surface area contributed by atoms with E-state index >= 15 is 0 Å². The number of nitriles is 1. The molecule has 1 amide bonds. The third-order valence-corrected chi connectivity index (χ3v) is 4.56. The number of aryl methyl sites for hydroxylation is 2. The fourth-order valence-corrected chi connectivity index (χ4v) is 3.06. The van der Waals surface area contributed by atoms with Gasteiger partial charge in [0, 0.05) is 12.1 Å². The van der Waals surface area contributed by atoms with Gasteiger partial charge in [0.15, 0.2) is 6.61 Å².